The molecule has 1 amide bonds. The van der Waals surface area contributed by atoms with Crippen molar-refractivity contribution in [2.75, 3.05) is 23.9 Å². The fourth-order valence-corrected chi connectivity index (χ4v) is 2.15. The summed E-state index contributed by atoms with van der Waals surface area (Å²) < 4.78 is 0. The van der Waals surface area contributed by atoms with Gasteiger partial charge >= 0.3 is 0 Å². The molecule has 2 rings (SSSR count). The third-order valence-corrected chi connectivity index (χ3v) is 3.39. The highest BCUT2D eigenvalue weighted by Crippen LogP contribution is 2.20. The van der Waals surface area contributed by atoms with E-state index in [0.29, 0.717) is 5.56 Å². The number of hydrogen-bond donors (Lipinski definition) is 2. The lowest BCUT2D eigenvalue weighted by molar-refractivity contribution is 0.102. The highest BCUT2D eigenvalue weighted by molar-refractivity contribution is 7.98. The van der Waals surface area contributed by atoms with Crippen molar-refractivity contribution in [2.45, 2.75) is 4.90 Å². The number of pyridine rings is 1. The van der Waals surface area contributed by atoms with Crippen molar-refractivity contribution in [3.63, 3.8) is 0 Å². The van der Waals surface area contributed by atoms with Crippen LogP contribution >= 0.6 is 11.8 Å². The lowest BCUT2D eigenvalue weighted by Crippen LogP contribution is -2.14. The average molecular weight is 273 g/mol. The van der Waals surface area contributed by atoms with Gasteiger partial charge in [-0.25, -0.2) is 0 Å². The van der Waals surface area contributed by atoms with Gasteiger partial charge in [-0.2, -0.15) is 0 Å². The number of carbonyl (C=O) groups excluding carboxylic acids is 1. The first-order valence-corrected chi connectivity index (χ1v) is 7.04. The molecule has 19 heavy (non-hydrogen) atoms. The van der Waals surface area contributed by atoms with Crippen molar-refractivity contribution in [1.82, 2.24) is 4.98 Å². The molecule has 0 atom stereocenters. The summed E-state index contributed by atoms with van der Waals surface area (Å²) in [5.41, 5.74) is 2.07. The highest BCUT2D eigenvalue weighted by atomic mass is 32.2. The van der Waals surface area contributed by atoms with Crippen LogP contribution < -0.4 is 10.6 Å². The van der Waals surface area contributed by atoms with Crippen LogP contribution in [0.15, 0.2) is 47.6 Å². The third kappa shape index (κ3) is 3.26. The molecule has 5 heteroatoms. The summed E-state index contributed by atoms with van der Waals surface area (Å²) in [5, 5.41) is 5.86. The van der Waals surface area contributed by atoms with E-state index in [2.05, 4.69) is 15.6 Å². The molecule has 1 aromatic heterocycles. The van der Waals surface area contributed by atoms with E-state index in [9.17, 15) is 4.79 Å². The van der Waals surface area contributed by atoms with Gasteiger partial charge in [-0.1, -0.05) is 6.07 Å². The zero-order valence-electron chi connectivity index (χ0n) is 10.8. The Morgan fingerprint density at radius 3 is 2.89 bits per heavy atom. The largest absolute Gasteiger partial charge is 0.387 e. The Morgan fingerprint density at radius 1 is 1.32 bits per heavy atom. The maximum absolute atomic E-state index is 12.2. The van der Waals surface area contributed by atoms with Crippen LogP contribution in [0, 0.1) is 0 Å². The molecule has 1 aromatic carbocycles. The summed E-state index contributed by atoms with van der Waals surface area (Å²) in [5.74, 6) is -0.171. The molecular formula is C14H15N3OS. The summed E-state index contributed by atoms with van der Waals surface area (Å²) in [6.45, 7) is 0. The van der Waals surface area contributed by atoms with Crippen LogP contribution in [0.4, 0.5) is 11.4 Å². The molecule has 0 saturated carbocycles. The number of aromatic nitrogens is 1. The smallest absolute Gasteiger partial charge is 0.259 e. The molecule has 2 aromatic rings. The molecule has 0 aliphatic carbocycles. The number of hydrogen-bond acceptors (Lipinski definition) is 4. The first-order valence-electron chi connectivity index (χ1n) is 5.81. The van der Waals surface area contributed by atoms with E-state index in [-0.39, 0.29) is 5.91 Å². The Bertz CT molecular complexity index is 586. The lowest BCUT2D eigenvalue weighted by Gasteiger charge is -2.09. The molecule has 0 spiro atoms. The molecule has 1 heterocycles. The summed E-state index contributed by atoms with van der Waals surface area (Å²) in [7, 11) is 1.78. The number of amides is 1. The molecule has 2 N–H and O–H groups in total. The van der Waals surface area contributed by atoms with E-state index < -0.39 is 0 Å². The van der Waals surface area contributed by atoms with Crippen molar-refractivity contribution in [3.8, 4) is 0 Å². The van der Waals surface area contributed by atoms with Crippen molar-refractivity contribution in [1.29, 1.82) is 0 Å². The molecule has 0 radical (unpaired) electrons. The maximum atomic E-state index is 12.2. The van der Waals surface area contributed by atoms with Crippen LogP contribution in [0.1, 0.15) is 10.4 Å². The normalized spacial score (nSPS) is 10.0. The summed E-state index contributed by atoms with van der Waals surface area (Å²) in [6.07, 6.45) is 5.21. The van der Waals surface area contributed by atoms with Gasteiger partial charge in [0.2, 0.25) is 0 Å². The zero-order chi connectivity index (χ0) is 13.7. The number of nitrogens with one attached hydrogen (secondary N) is 2. The highest BCUT2D eigenvalue weighted by Gasteiger charge is 2.10. The van der Waals surface area contributed by atoms with Gasteiger partial charge < -0.3 is 10.6 Å². The average Bonchev–Trinajstić information content (AvgIpc) is 2.47. The number of carbonyl (C=O) groups is 1. The zero-order valence-corrected chi connectivity index (χ0v) is 11.6. The molecule has 0 aliphatic rings. The van der Waals surface area contributed by atoms with E-state index in [0.717, 1.165) is 16.3 Å². The van der Waals surface area contributed by atoms with E-state index in [1.807, 2.05) is 30.5 Å². The maximum Gasteiger partial charge on any atom is 0.259 e. The molecule has 0 bridgehead atoms. The van der Waals surface area contributed by atoms with Gasteiger partial charge in [0.1, 0.15) is 0 Å². The predicted molar refractivity (Wildman–Crippen MR) is 80.0 cm³/mol. The number of benzene rings is 1. The third-order valence-electron chi connectivity index (χ3n) is 2.66. The van der Waals surface area contributed by atoms with Crippen LogP contribution in [-0.4, -0.2) is 24.2 Å². The van der Waals surface area contributed by atoms with Gasteiger partial charge in [0.15, 0.2) is 0 Å². The molecule has 0 fully saturated rings. The number of nitrogens with zero attached hydrogens (tertiary/aromatic N) is 1. The topological polar surface area (TPSA) is 54.0 Å². The second-order valence-electron chi connectivity index (χ2n) is 3.86. The minimum absolute atomic E-state index is 0.171. The van der Waals surface area contributed by atoms with Gasteiger partial charge in [-0.3, -0.25) is 9.78 Å². The van der Waals surface area contributed by atoms with Crippen LogP contribution in [0.5, 0.6) is 0 Å². The first-order chi connectivity index (χ1) is 9.24. The molecule has 0 unspecified atom stereocenters. The Hall–Kier alpha value is -2.01. The minimum atomic E-state index is -0.171. The second kappa shape index (κ2) is 6.24. The van der Waals surface area contributed by atoms with Crippen molar-refractivity contribution in [3.05, 3.63) is 48.3 Å². The van der Waals surface area contributed by atoms with Gasteiger partial charge in [-0.05, 0) is 30.5 Å². The van der Waals surface area contributed by atoms with Crippen molar-refractivity contribution in [2.24, 2.45) is 0 Å². The van der Waals surface area contributed by atoms with E-state index in [1.54, 1.807) is 37.3 Å². The Balaban J connectivity index is 2.20. The number of rotatable bonds is 4. The quantitative estimate of drug-likeness (QED) is 0.840. The molecule has 0 saturated heterocycles. The standard InChI is InChI=1S/C14H15N3OS/c1-15-13-6-7-16-9-12(13)14(18)17-10-4-3-5-11(8-10)19-2/h3-9H,1-2H3,(H,15,16)(H,17,18). The van der Waals surface area contributed by atoms with Gasteiger partial charge in [0, 0.05) is 35.7 Å². The van der Waals surface area contributed by atoms with E-state index in [4.69, 9.17) is 0 Å². The summed E-state index contributed by atoms with van der Waals surface area (Å²) in [6, 6.07) is 9.51. The predicted octanol–water partition coefficient (Wildman–Crippen LogP) is 3.10. The fourth-order valence-electron chi connectivity index (χ4n) is 1.69. The molecule has 4 nitrogen and oxygen atoms in total. The molecule has 0 aliphatic heterocycles. The van der Waals surface area contributed by atoms with Crippen LogP contribution in [0.3, 0.4) is 0 Å². The van der Waals surface area contributed by atoms with Crippen molar-refractivity contribution >= 4 is 29.0 Å². The first kappa shape index (κ1) is 13.4. The molecule has 98 valence electrons. The monoisotopic (exact) mass is 273 g/mol. The van der Waals surface area contributed by atoms with Crippen LogP contribution in [0.25, 0.3) is 0 Å². The Labute approximate surface area is 116 Å². The second-order valence-corrected chi connectivity index (χ2v) is 4.74. The van der Waals surface area contributed by atoms with Crippen LogP contribution in [-0.2, 0) is 0 Å². The fraction of sp³-hybridized carbons (Fsp3) is 0.143. The number of anilines is 2. The van der Waals surface area contributed by atoms with Crippen LogP contribution in [0.2, 0.25) is 0 Å². The Kier molecular flexibility index (Phi) is 4.41. The minimum Gasteiger partial charge on any atom is -0.387 e. The van der Waals surface area contributed by atoms with E-state index >= 15 is 0 Å². The molecular weight excluding hydrogens is 258 g/mol. The number of thioether (sulfide) groups is 1. The SMILES string of the molecule is CNc1ccncc1C(=O)Nc1cccc(SC)c1. The Morgan fingerprint density at radius 2 is 2.16 bits per heavy atom. The van der Waals surface area contributed by atoms with Gasteiger partial charge in [0.05, 0.1) is 5.56 Å². The van der Waals surface area contributed by atoms with Crippen molar-refractivity contribution < 1.29 is 4.79 Å². The lowest BCUT2D eigenvalue weighted by atomic mass is 10.2. The van der Waals surface area contributed by atoms with E-state index in [1.165, 1.54) is 0 Å². The summed E-state index contributed by atoms with van der Waals surface area (Å²) >= 11 is 1.64. The summed E-state index contributed by atoms with van der Waals surface area (Å²) in [4.78, 5) is 17.3. The van der Waals surface area contributed by atoms with Gasteiger partial charge in [-0.15, -0.1) is 11.8 Å². The van der Waals surface area contributed by atoms with Gasteiger partial charge in [0.25, 0.3) is 5.91 Å².